The number of hydrogen-bond acceptors (Lipinski definition) is 4. The fraction of sp³-hybridized carbons (Fsp3) is 0.375. The van der Waals surface area contributed by atoms with Crippen molar-refractivity contribution in [1.29, 1.82) is 0 Å². The zero-order valence-corrected chi connectivity index (χ0v) is 22.7. The Labute approximate surface area is 228 Å². The van der Waals surface area contributed by atoms with E-state index in [4.69, 9.17) is 0 Å². The molecule has 2 bridgehead atoms. The van der Waals surface area contributed by atoms with Crippen LogP contribution < -0.4 is 0 Å². The fourth-order valence-corrected chi connectivity index (χ4v) is 6.88. The summed E-state index contributed by atoms with van der Waals surface area (Å²) in [6.45, 7) is 6.94. The average molecular weight is 523 g/mol. The molecule has 3 aromatic carbocycles. The molecule has 2 aliphatic heterocycles. The van der Waals surface area contributed by atoms with E-state index < -0.39 is 5.97 Å². The molecule has 3 heterocycles. The van der Waals surface area contributed by atoms with Gasteiger partial charge in [0, 0.05) is 24.1 Å². The highest BCUT2D eigenvalue weighted by Gasteiger charge is 2.42. The third-order valence-corrected chi connectivity index (χ3v) is 8.97. The quantitative estimate of drug-likeness (QED) is 0.340. The molecule has 1 aliphatic carbocycles. The summed E-state index contributed by atoms with van der Waals surface area (Å²) in [4.78, 5) is 28.0. The summed E-state index contributed by atoms with van der Waals surface area (Å²) in [7, 11) is 0. The summed E-state index contributed by atoms with van der Waals surface area (Å²) in [5, 5.41) is 18.6. The molecule has 1 fully saturated rings. The van der Waals surface area contributed by atoms with Gasteiger partial charge in [-0.1, -0.05) is 47.7 Å². The maximum absolute atomic E-state index is 13.8. The van der Waals surface area contributed by atoms with E-state index in [2.05, 4.69) is 40.3 Å². The zero-order valence-electron chi connectivity index (χ0n) is 22.7. The van der Waals surface area contributed by atoms with Gasteiger partial charge in [-0.3, -0.25) is 9.59 Å². The number of carboxylic acids is 1. The second-order valence-corrected chi connectivity index (χ2v) is 11.0. The van der Waals surface area contributed by atoms with E-state index in [0.29, 0.717) is 11.5 Å². The minimum Gasteiger partial charge on any atom is -0.481 e. The van der Waals surface area contributed by atoms with Gasteiger partial charge < -0.3 is 10.0 Å². The normalized spacial score (nSPS) is 21.0. The SMILES string of the molecule is CCn1nnc2c(C)c([C@@H](CC(=O)O)c3ccc4c(c3)C3CCC(C4)[C@H](C)N3C(=O)c3ccccc3)ccc21. The number of piperidine rings is 1. The van der Waals surface area contributed by atoms with Gasteiger partial charge in [0.1, 0.15) is 5.52 Å². The van der Waals surface area contributed by atoms with Crippen molar-refractivity contribution in [3.05, 3.63) is 94.0 Å². The summed E-state index contributed by atoms with van der Waals surface area (Å²) in [6.07, 6.45) is 2.90. The first kappa shape index (κ1) is 25.3. The number of rotatable bonds is 6. The second kappa shape index (κ2) is 9.95. The summed E-state index contributed by atoms with van der Waals surface area (Å²) in [6, 6.07) is 20.1. The maximum Gasteiger partial charge on any atom is 0.304 e. The third-order valence-electron chi connectivity index (χ3n) is 8.97. The Bertz CT molecular complexity index is 1560. The van der Waals surface area contributed by atoms with Gasteiger partial charge in [0.2, 0.25) is 0 Å². The number of benzene rings is 3. The van der Waals surface area contributed by atoms with E-state index in [0.717, 1.165) is 59.1 Å². The van der Waals surface area contributed by atoms with E-state index in [9.17, 15) is 14.7 Å². The predicted octanol–water partition coefficient (Wildman–Crippen LogP) is 5.90. The van der Waals surface area contributed by atoms with Gasteiger partial charge in [0.05, 0.1) is 18.0 Å². The van der Waals surface area contributed by atoms with Crippen LogP contribution in [0.25, 0.3) is 11.0 Å². The number of aryl methyl sites for hydroxylation is 2. The van der Waals surface area contributed by atoms with Crippen LogP contribution in [-0.4, -0.2) is 42.9 Å². The van der Waals surface area contributed by atoms with Crippen LogP contribution >= 0.6 is 0 Å². The molecule has 1 aromatic heterocycles. The van der Waals surface area contributed by atoms with Crippen molar-refractivity contribution in [3.8, 4) is 0 Å². The molecule has 1 amide bonds. The van der Waals surface area contributed by atoms with Crippen LogP contribution in [0.5, 0.6) is 0 Å². The van der Waals surface area contributed by atoms with E-state index in [1.54, 1.807) is 0 Å². The molecule has 3 aliphatic rings. The Morgan fingerprint density at radius 1 is 1.08 bits per heavy atom. The molecular weight excluding hydrogens is 488 g/mol. The fourth-order valence-electron chi connectivity index (χ4n) is 6.88. The largest absolute Gasteiger partial charge is 0.481 e. The molecule has 2 unspecified atom stereocenters. The standard InChI is InChI=1S/C32H34N4O3/c1-4-35-29-15-13-25(19(2)31(29)33-34-35)26(18-30(37)38)24-11-10-23-16-22-12-14-28(27(23)17-24)36(20(22)3)32(39)21-8-6-5-7-9-21/h5-11,13,15,17,20,22,26,28H,4,12,14,16,18H2,1-3H3,(H,37,38)/t20-,22?,26-,28?/m0/s1. The van der Waals surface area contributed by atoms with Gasteiger partial charge >= 0.3 is 5.97 Å². The molecule has 1 saturated heterocycles. The van der Waals surface area contributed by atoms with E-state index in [-0.39, 0.29) is 30.3 Å². The van der Waals surface area contributed by atoms with Crippen LogP contribution in [0.15, 0.2) is 60.7 Å². The monoisotopic (exact) mass is 522 g/mol. The molecule has 4 atom stereocenters. The Hall–Kier alpha value is -4.00. The van der Waals surface area contributed by atoms with Crippen molar-refractivity contribution in [2.45, 2.75) is 71.0 Å². The lowest BCUT2D eigenvalue weighted by molar-refractivity contribution is -0.137. The number of carbonyl (C=O) groups is 2. The topological polar surface area (TPSA) is 88.3 Å². The molecule has 1 N–H and O–H groups in total. The van der Waals surface area contributed by atoms with Gasteiger partial charge in [-0.05, 0) is 92.0 Å². The Morgan fingerprint density at radius 2 is 1.87 bits per heavy atom. The molecule has 0 saturated carbocycles. The molecule has 0 radical (unpaired) electrons. The van der Waals surface area contributed by atoms with Crippen LogP contribution in [0.4, 0.5) is 0 Å². The van der Waals surface area contributed by atoms with Crippen molar-refractivity contribution >= 4 is 22.9 Å². The molecule has 7 nitrogen and oxygen atoms in total. The smallest absolute Gasteiger partial charge is 0.304 e. The second-order valence-electron chi connectivity index (χ2n) is 11.0. The van der Waals surface area contributed by atoms with Gasteiger partial charge in [-0.15, -0.1) is 5.10 Å². The van der Waals surface area contributed by atoms with Crippen molar-refractivity contribution in [2.24, 2.45) is 5.92 Å². The summed E-state index contributed by atoms with van der Waals surface area (Å²) < 4.78 is 1.86. The van der Waals surface area contributed by atoms with E-state index >= 15 is 0 Å². The van der Waals surface area contributed by atoms with E-state index in [1.165, 1.54) is 5.56 Å². The number of amides is 1. The minimum atomic E-state index is -0.845. The summed E-state index contributed by atoms with van der Waals surface area (Å²) >= 11 is 0. The number of aromatic nitrogens is 3. The number of aliphatic carboxylic acids is 1. The Kier molecular flexibility index (Phi) is 6.45. The highest BCUT2D eigenvalue weighted by atomic mass is 16.4. The average Bonchev–Trinajstić information content (AvgIpc) is 3.23. The number of carbonyl (C=O) groups excluding carboxylic acids is 1. The van der Waals surface area contributed by atoms with E-state index in [1.807, 2.05) is 61.0 Å². The predicted molar refractivity (Wildman–Crippen MR) is 150 cm³/mol. The molecule has 4 aromatic rings. The van der Waals surface area contributed by atoms with Gasteiger partial charge in [-0.25, -0.2) is 4.68 Å². The van der Waals surface area contributed by atoms with Crippen LogP contribution in [0.2, 0.25) is 0 Å². The van der Waals surface area contributed by atoms with Crippen molar-refractivity contribution in [1.82, 2.24) is 19.9 Å². The number of carboxylic acid groups (broad SMARTS) is 1. The lowest BCUT2D eigenvalue weighted by atomic mass is 9.83. The van der Waals surface area contributed by atoms with Gasteiger partial charge in [0.25, 0.3) is 5.91 Å². The van der Waals surface area contributed by atoms with Crippen LogP contribution in [0.1, 0.15) is 83.2 Å². The highest BCUT2D eigenvalue weighted by Crippen LogP contribution is 2.46. The molecule has 7 heteroatoms. The molecule has 7 rings (SSSR count). The molecule has 200 valence electrons. The molecule has 39 heavy (non-hydrogen) atoms. The lowest BCUT2D eigenvalue weighted by Crippen LogP contribution is -2.47. The first-order chi connectivity index (χ1) is 18.9. The van der Waals surface area contributed by atoms with Crippen LogP contribution in [0, 0.1) is 12.8 Å². The summed E-state index contributed by atoms with van der Waals surface area (Å²) in [5.74, 6) is -0.706. The van der Waals surface area contributed by atoms with Crippen molar-refractivity contribution < 1.29 is 14.7 Å². The lowest BCUT2D eigenvalue weighted by Gasteiger charge is -2.43. The highest BCUT2D eigenvalue weighted by molar-refractivity contribution is 5.95. The number of hydrogen-bond donors (Lipinski definition) is 1. The number of nitrogens with zero attached hydrogens (tertiary/aromatic N) is 4. The Balaban J connectivity index is 1.44. The molecule has 0 spiro atoms. The first-order valence-corrected chi connectivity index (χ1v) is 13.9. The Morgan fingerprint density at radius 3 is 2.62 bits per heavy atom. The van der Waals surface area contributed by atoms with Gasteiger partial charge in [-0.2, -0.15) is 0 Å². The minimum absolute atomic E-state index is 0.0244. The van der Waals surface area contributed by atoms with Crippen LogP contribution in [-0.2, 0) is 17.8 Å². The first-order valence-electron chi connectivity index (χ1n) is 13.9. The molecular formula is C32H34N4O3. The summed E-state index contributed by atoms with van der Waals surface area (Å²) in [5.41, 5.74) is 7.79. The zero-order chi connectivity index (χ0) is 27.3. The van der Waals surface area contributed by atoms with Crippen LogP contribution in [0.3, 0.4) is 0 Å². The van der Waals surface area contributed by atoms with Crippen molar-refractivity contribution in [2.75, 3.05) is 0 Å². The van der Waals surface area contributed by atoms with Gasteiger partial charge in [0.15, 0.2) is 0 Å². The third kappa shape index (κ3) is 4.30. The maximum atomic E-state index is 13.8. The van der Waals surface area contributed by atoms with Crippen molar-refractivity contribution in [3.63, 3.8) is 0 Å². The number of fused-ring (bicyclic) bond motifs is 3.